The standard InChI is InChI=1S/C24H25ClF3N3O7/c1-31(2)17-11-4-8-3-10-14(12(32)5-9(16(10)25)6-30-7-23(26,27)28)18(33)13(8)20(35)24(11,38)21(36)15(19(17)34)22(29)37/h5,8,11,17,30,32,34-35,38H,3-4,6-7H2,1-2H3,(H2,29,37)/t8-,11-,17-,24-/m0/s1. The fourth-order valence-corrected chi connectivity index (χ4v) is 6.11. The molecule has 0 unspecified atom stereocenters. The first kappa shape index (κ1) is 27.9. The van der Waals surface area contributed by atoms with Crippen LogP contribution in [0.4, 0.5) is 13.2 Å². The fourth-order valence-electron chi connectivity index (χ4n) is 5.82. The van der Waals surface area contributed by atoms with Crippen LogP contribution in [0.3, 0.4) is 0 Å². The number of allylic oxidation sites excluding steroid dienone is 1. The molecule has 4 atom stereocenters. The molecule has 3 aliphatic carbocycles. The van der Waals surface area contributed by atoms with Gasteiger partial charge in [0.1, 0.15) is 22.8 Å². The number of fused-ring (bicyclic) bond motifs is 3. The van der Waals surface area contributed by atoms with E-state index in [4.69, 9.17) is 17.3 Å². The number of amides is 1. The van der Waals surface area contributed by atoms with Gasteiger partial charge in [-0.3, -0.25) is 19.3 Å². The van der Waals surface area contributed by atoms with E-state index in [1.54, 1.807) is 0 Å². The molecule has 0 heterocycles. The number of phenols is 1. The highest BCUT2D eigenvalue weighted by Crippen LogP contribution is 2.53. The van der Waals surface area contributed by atoms with Crippen LogP contribution in [-0.4, -0.2) is 81.3 Å². The largest absolute Gasteiger partial charge is 0.510 e. The Labute approximate surface area is 219 Å². The number of rotatable bonds is 5. The SMILES string of the molecule is CN(C)[C@@H]1C(O)=C(C(N)=O)C(=O)[C@@]2(O)C(O)=C3C(=O)c4c(O)cc(CNCC(F)(F)F)c(Cl)c4C[C@H]3C[C@@H]12. The van der Waals surface area contributed by atoms with Crippen LogP contribution in [0.2, 0.25) is 5.02 Å². The summed E-state index contributed by atoms with van der Waals surface area (Å²) in [6.45, 7) is -1.67. The van der Waals surface area contributed by atoms with Crippen molar-refractivity contribution in [3.63, 3.8) is 0 Å². The van der Waals surface area contributed by atoms with Gasteiger partial charge in [-0.25, -0.2) is 0 Å². The summed E-state index contributed by atoms with van der Waals surface area (Å²) in [5.74, 6) is -8.03. The predicted molar refractivity (Wildman–Crippen MR) is 126 cm³/mol. The molecule has 3 aliphatic rings. The quantitative estimate of drug-likeness (QED) is 0.292. The van der Waals surface area contributed by atoms with E-state index in [-0.39, 0.29) is 46.7 Å². The van der Waals surface area contributed by atoms with Gasteiger partial charge in [-0.05, 0) is 50.0 Å². The van der Waals surface area contributed by atoms with Gasteiger partial charge in [0.15, 0.2) is 11.4 Å². The van der Waals surface area contributed by atoms with Gasteiger partial charge in [-0.2, -0.15) is 13.2 Å². The number of ketones is 2. The zero-order chi connectivity index (χ0) is 28.5. The Hall–Kier alpha value is -3.13. The maximum absolute atomic E-state index is 13.5. The van der Waals surface area contributed by atoms with Crippen LogP contribution in [0.1, 0.15) is 27.9 Å². The summed E-state index contributed by atoms with van der Waals surface area (Å²) in [5, 5.41) is 46.2. The maximum atomic E-state index is 13.5. The van der Waals surface area contributed by atoms with Gasteiger partial charge >= 0.3 is 6.18 Å². The number of benzene rings is 1. The third-order valence-corrected chi connectivity index (χ3v) is 7.84. The fraction of sp³-hybridized carbons (Fsp3) is 0.458. The smallest absolute Gasteiger partial charge is 0.401 e. The first-order chi connectivity index (χ1) is 17.5. The van der Waals surface area contributed by atoms with Gasteiger partial charge in [-0.15, -0.1) is 0 Å². The molecule has 0 saturated heterocycles. The van der Waals surface area contributed by atoms with E-state index in [2.05, 4.69) is 5.32 Å². The lowest BCUT2D eigenvalue weighted by Gasteiger charge is -2.50. The molecular formula is C24H25ClF3N3O7. The minimum atomic E-state index is -4.48. The molecule has 0 spiro atoms. The van der Waals surface area contributed by atoms with Crippen molar-refractivity contribution < 1.29 is 48.0 Å². The van der Waals surface area contributed by atoms with Crippen LogP contribution >= 0.6 is 11.6 Å². The second-order valence-electron chi connectivity index (χ2n) is 9.90. The third-order valence-electron chi connectivity index (χ3n) is 7.37. The number of aliphatic hydroxyl groups excluding tert-OH is 2. The van der Waals surface area contributed by atoms with Crippen molar-refractivity contribution in [3.05, 3.63) is 50.4 Å². The Morgan fingerprint density at radius 2 is 1.89 bits per heavy atom. The van der Waals surface area contributed by atoms with Crippen LogP contribution in [-0.2, 0) is 22.6 Å². The number of halogens is 4. The van der Waals surface area contributed by atoms with E-state index >= 15 is 0 Å². The number of phenolic OH excluding ortho intramolecular Hbond substituents is 1. The van der Waals surface area contributed by atoms with Gasteiger partial charge in [-0.1, -0.05) is 11.6 Å². The molecule has 14 heteroatoms. The Kier molecular flexibility index (Phi) is 6.80. The first-order valence-electron chi connectivity index (χ1n) is 11.5. The molecule has 0 fully saturated rings. The van der Waals surface area contributed by atoms with E-state index in [1.165, 1.54) is 19.0 Å². The number of aromatic hydroxyl groups is 1. The number of aliphatic hydroxyl groups is 3. The van der Waals surface area contributed by atoms with Crippen molar-refractivity contribution in [1.82, 2.24) is 10.2 Å². The monoisotopic (exact) mass is 559 g/mol. The van der Waals surface area contributed by atoms with E-state index in [0.717, 1.165) is 6.07 Å². The van der Waals surface area contributed by atoms with Crippen molar-refractivity contribution in [2.45, 2.75) is 37.2 Å². The summed E-state index contributed by atoms with van der Waals surface area (Å²) >= 11 is 6.45. The van der Waals surface area contributed by atoms with Crippen molar-refractivity contribution in [2.24, 2.45) is 17.6 Å². The first-order valence-corrected chi connectivity index (χ1v) is 11.9. The maximum Gasteiger partial charge on any atom is 0.401 e. The zero-order valence-electron chi connectivity index (χ0n) is 20.2. The van der Waals surface area contributed by atoms with Crippen molar-refractivity contribution >= 4 is 29.1 Å². The summed E-state index contributed by atoms with van der Waals surface area (Å²) in [6.07, 6.45) is -4.70. The highest BCUT2D eigenvalue weighted by atomic mass is 35.5. The van der Waals surface area contributed by atoms with Crippen molar-refractivity contribution in [3.8, 4) is 5.75 Å². The minimum absolute atomic E-state index is 0.0529. The summed E-state index contributed by atoms with van der Waals surface area (Å²) in [7, 11) is 3.00. The number of hydrogen-bond donors (Lipinski definition) is 6. The van der Waals surface area contributed by atoms with Crippen LogP contribution in [0.5, 0.6) is 5.75 Å². The highest BCUT2D eigenvalue weighted by Gasteiger charge is 2.63. The molecular weight excluding hydrogens is 535 g/mol. The van der Waals surface area contributed by atoms with Crippen LogP contribution in [0, 0.1) is 11.8 Å². The van der Waals surface area contributed by atoms with E-state index in [9.17, 15) is 48.0 Å². The van der Waals surface area contributed by atoms with Gasteiger partial charge in [0, 0.05) is 23.1 Å². The molecule has 0 bridgehead atoms. The van der Waals surface area contributed by atoms with Gasteiger partial charge < -0.3 is 31.5 Å². The number of carbonyl (C=O) groups is 3. The number of nitrogens with two attached hydrogens (primary N) is 1. The number of nitrogens with one attached hydrogen (secondary N) is 1. The normalized spacial score (nSPS) is 27.4. The Morgan fingerprint density at radius 3 is 2.45 bits per heavy atom. The molecule has 10 nitrogen and oxygen atoms in total. The van der Waals surface area contributed by atoms with Crippen LogP contribution in [0.15, 0.2) is 28.7 Å². The zero-order valence-corrected chi connectivity index (χ0v) is 20.9. The van der Waals surface area contributed by atoms with Crippen molar-refractivity contribution in [2.75, 3.05) is 20.6 Å². The third kappa shape index (κ3) is 4.13. The van der Waals surface area contributed by atoms with Gasteiger partial charge in [0.2, 0.25) is 5.78 Å². The number of likely N-dealkylation sites (N-methyl/N-ethyl adjacent to an activating group) is 1. The van der Waals surface area contributed by atoms with Crippen LogP contribution in [0.25, 0.3) is 0 Å². The lowest BCUT2D eigenvalue weighted by molar-refractivity contribution is -0.148. The number of primary amides is 1. The second kappa shape index (κ2) is 9.26. The average molecular weight is 560 g/mol. The molecule has 38 heavy (non-hydrogen) atoms. The summed E-state index contributed by atoms with van der Waals surface area (Å²) in [6, 6.07) is -0.122. The Morgan fingerprint density at radius 1 is 1.26 bits per heavy atom. The predicted octanol–water partition coefficient (Wildman–Crippen LogP) is 1.43. The van der Waals surface area contributed by atoms with E-state index in [0.29, 0.717) is 0 Å². The summed E-state index contributed by atoms with van der Waals surface area (Å²) < 4.78 is 37.7. The summed E-state index contributed by atoms with van der Waals surface area (Å²) in [5.41, 5.74) is 1.15. The molecule has 1 aromatic carbocycles. The number of Topliss-reactive ketones (excluding diaryl/α,β-unsaturated/α-hetero) is 2. The lowest BCUT2D eigenvalue weighted by Crippen LogP contribution is -2.63. The molecule has 0 aliphatic heterocycles. The summed E-state index contributed by atoms with van der Waals surface area (Å²) in [4.78, 5) is 40.2. The molecule has 7 N–H and O–H groups in total. The van der Waals surface area contributed by atoms with Gasteiger partial charge in [0.05, 0.1) is 18.2 Å². The molecule has 206 valence electrons. The number of carbonyl (C=O) groups excluding carboxylic acids is 3. The molecule has 0 radical (unpaired) electrons. The molecule has 0 aromatic heterocycles. The Bertz CT molecular complexity index is 1320. The highest BCUT2D eigenvalue weighted by molar-refractivity contribution is 6.33. The molecule has 1 amide bonds. The van der Waals surface area contributed by atoms with Crippen LogP contribution < -0.4 is 11.1 Å². The van der Waals surface area contributed by atoms with Gasteiger partial charge in [0.25, 0.3) is 5.91 Å². The minimum Gasteiger partial charge on any atom is -0.510 e. The average Bonchev–Trinajstić information content (AvgIpc) is 2.78. The number of nitrogens with zero attached hydrogens (tertiary/aromatic N) is 1. The van der Waals surface area contributed by atoms with E-state index in [1.807, 2.05) is 0 Å². The van der Waals surface area contributed by atoms with E-state index < -0.39 is 76.5 Å². The van der Waals surface area contributed by atoms with Crippen molar-refractivity contribution in [1.29, 1.82) is 0 Å². The Balaban J connectivity index is 1.83. The lowest BCUT2D eigenvalue weighted by atomic mass is 9.58. The second-order valence-corrected chi connectivity index (χ2v) is 10.3. The molecule has 4 rings (SSSR count). The number of hydrogen-bond acceptors (Lipinski definition) is 9. The number of alkyl halides is 3. The molecule has 1 aromatic rings. The molecule has 0 saturated carbocycles. The topological polar surface area (TPSA) is 173 Å².